The summed E-state index contributed by atoms with van der Waals surface area (Å²) >= 11 is 0. The maximum absolute atomic E-state index is 5.55. The molecular weight excluding hydrogens is 458 g/mol. The molecule has 35 heavy (non-hydrogen) atoms. The zero-order chi connectivity index (χ0) is 25.3. The number of rotatable bonds is 32. The topological polar surface area (TPSA) is 109 Å². The van der Waals surface area contributed by atoms with E-state index in [4.69, 9.17) is 48.4 Å². The summed E-state index contributed by atoms with van der Waals surface area (Å²) in [5, 5.41) is 0. The largest absolute Gasteiger partial charge is 0.379 e. The average Bonchev–Trinajstić information content (AvgIpc) is 2.87. The lowest BCUT2D eigenvalue weighted by atomic mass is 10.2. The van der Waals surface area contributed by atoms with Gasteiger partial charge in [0.1, 0.15) is 0 Å². The monoisotopic (exact) mass is 511 g/mol. The number of ether oxygens (including phenoxy) is 9. The zero-order valence-electron chi connectivity index (χ0n) is 22.2. The van der Waals surface area contributed by atoms with Crippen molar-refractivity contribution in [2.75, 3.05) is 125 Å². The summed E-state index contributed by atoms with van der Waals surface area (Å²) in [6.45, 7) is 13.1. The smallest absolute Gasteiger partial charge is 0.0701 e. The van der Waals surface area contributed by atoms with Crippen LogP contribution >= 0.6 is 0 Å². The van der Waals surface area contributed by atoms with Gasteiger partial charge in [-0.3, -0.25) is 0 Å². The first-order chi connectivity index (χ1) is 17.4. The van der Waals surface area contributed by atoms with Gasteiger partial charge in [0.2, 0.25) is 0 Å². The molecule has 0 aromatic rings. The van der Waals surface area contributed by atoms with Crippen LogP contribution in [0.5, 0.6) is 0 Å². The first-order valence-electron chi connectivity index (χ1n) is 13.3. The Balaban J connectivity index is 3.00. The highest BCUT2D eigenvalue weighted by Gasteiger charge is 1.96. The summed E-state index contributed by atoms with van der Waals surface area (Å²) in [5.74, 6) is 0. The minimum Gasteiger partial charge on any atom is -0.379 e. The Labute approximate surface area is 213 Å². The molecule has 2 N–H and O–H groups in total. The summed E-state index contributed by atoms with van der Waals surface area (Å²) in [4.78, 5) is 0. The number of nitrogens with two attached hydrogens (primary N) is 1. The fourth-order valence-corrected chi connectivity index (χ4v) is 2.75. The van der Waals surface area contributed by atoms with Crippen molar-refractivity contribution in [2.45, 2.75) is 39.0 Å². The normalized spacial score (nSPS) is 11.5. The van der Waals surface area contributed by atoms with Crippen LogP contribution in [0, 0.1) is 0 Å². The highest BCUT2D eigenvalue weighted by atomic mass is 16.6. The molecule has 0 aromatic heterocycles. The third kappa shape index (κ3) is 33.6. The van der Waals surface area contributed by atoms with E-state index in [0.29, 0.717) is 119 Å². The first kappa shape index (κ1) is 34.6. The molecule has 0 aliphatic carbocycles. The van der Waals surface area contributed by atoms with E-state index in [-0.39, 0.29) is 0 Å². The molecule has 212 valence electrons. The minimum atomic E-state index is 0.532. The van der Waals surface area contributed by atoms with Gasteiger partial charge in [0.15, 0.2) is 0 Å². The van der Waals surface area contributed by atoms with Crippen LogP contribution in [0.2, 0.25) is 0 Å². The molecule has 10 heteroatoms. The second-order valence-electron chi connectivity index (χ2n) is 7.71. The summed E-state index contributed by atoms with van der Waals surface area (Å²) in [6.07, 6.45) is 6.30. The quantitative estimate of drug-likeness (QED) is 0.135. The highest BCUT2D eigenvalue weighted by Crippen LogP contribution is 2.02. The van der Waals surface area contributed by atoms with E-state index in [1.165, 1.54) is 25.7 Å². The van der Waals surface area contributed by atoms with Crippen molar-refractivity contribution in [1.29, 1.82) is 0 Å². The Kier molecular flexibility index (Phi) is 33.2. The van der Waals surface area contributed by atoms with E-state index >= 15 is 0 Å². The van der Waals surface area contributed by atoms with E-state index in [2.05, 4.69) is 6.92 Å². The SMILES string of the molecule is CCCCCCCOCCOCCOCCOCCOCCOCCOCCOCCOCCN. The fraction of sp³-hybridized carbons (Fsp3) is 1.00. The highest BCUT2D eigenvalue weighted by molar-refractivity contribution is 4.42. The molecule has 0 spiro atoms. The molecule has 0 heterocycles. The van der Waals surface area contributed by atoms with Crippen molar-refractivity contribution in [3.05, 3.63) is 0 Å². The fourth-order valence-electron chi connectivity index (χ4n) is 2.75. The molecule has 0 fully saturated rings. The van der Waals surface area contributed by atoms with Crippen molar-refractivity contribution in [3.63, 3.8) is 0 Å². The molecule has 0 aliphatic rings. The third-order valence-electron chi connectivity index (χ3n) is 4.63. The Morgan fingerprint density at radius 1 is 0.314 bits per heavy atom. The molecule has 0 aliphatic heterocycles. The predicted octanol–water partition coefficient (Wildman–Crippen LogP) is 2.06. The Morgan fingerprint density at radius 3 is 0.857 bits per heavy atom. The van der Waals surface area contributed by atoms with Gasteiger partial charge in [-0.1, -0.05) is 32.6 Å². The zero-order valence-corrected chi connectivity index (χ0v) is 22.2. The Bertz CT molecular complexity index is 336. The molecule has 0 unspecified atom stereocenters. The van der Waals surface area contributed by atoms with Crippen LogP contribution in [-0.2, 0) is 42.6 Å². The van der Waals surface area contributed by atoms with Crippen LogP contribution in [-0.4, -0.2) is 125 Å². The van der Waals surface area contributed by atoms with Gasteiger partial charge in [0, 0.05) is 13.2 Å². The van der Waals surface area contributed by atoms with Crippen LogP contribution in [0.25, 0.3) is 0 Å². The van der Waals surface area contributed by atoms with E-state index in [1.54, 1.807) is 0 Å². The van der Waals surface area contributed by atoms with Gasteiger partial charge in [0.05, 0.1) is 112 Å². The van der Waals surface area contributed by atoms with Gasteiger partial charge >= 0.3 is 0 Å². The molecule has 0 rings (SSSR count). The average molecular weight is 512 g/mol. The van der Waals surface area contributed by atoms with Gasteiger partial charge in [0.25, 0.3) is 0 Å². The van der Waals surface area contributed by atoms with E-state index in [0.717, 1.165) is 13.0 Å². The van der Waals surface area contributed by atoms with E-state index < -0.39 is 0 Å². The molecule has 0 atom stereocenters. The van der Waals surface area contributed by atoms with Crippen LogP contribution in [0.1, 0.15) is 39.0 Å². The number of hydrogen-bond donors (Lipinski definition) is 1. The molecule has 0 aromatic carbocycles. The lowest BCUT2D eigenvalue weighted by molar-refractivity contribution is -0.0249. The molecule has 0 saturated heterocycles. The van der Waals surface area contributed by atoms with Gasteiger partial charge < -0.3 is 48.4 Å². The van der Waals surface area contributed by atoms with Gasteiger partial charge in [-0.25, -0.2) is 0 Å². The second kappa shape index (κ2) is 33.6. The molecule has 0 radical (unpaired) electrons. The van der Waals surface area contributed by atoms with Gasteiger partial charge in [-0.15, -0.1) is 0 Å². The van der Waals surface area contributed by atoms with E-state index in [1.807, 2.05) is 0 Å². The van der Waals surface area contributed by atoms with Gasteiger partial charge in [-0.05, 0) is 6.42 Å². The molecule has 0 amide bonds. The molecular formula is C25H53NO9. The molecule has 0 bridgehead atoms. The Morgan fingerprint density at radius 2 is 0.571 bits per heavy atom. The van der Waals surface area contributed by atoms with Gasteiger partial charge in [-0.2, -0.15) is 0 Å². The first-order valence-corrected chi connectivity index (χ1v) is 13.3. The van der Waals surface area contributed by atoms with Crippen molar-refractivity contribution < 1.29 is 42.6 Å². The summed E-state index contributed by atoms with van der Waals surface area (Å²) in [7, 11) is 0. The predicted molar refractivity (Wildman–Crippen MR) is 135 cm³/mol. The van der Waals surface area contributed by atoms with E-state index in [9.17, 15) is 0 Å². The minimum absolute atomic E-state index is 0.532. The third-order valence-corrected chi connectivity index (χ3v) is 4.63. The molecule has 10 nitrogen and oxygen atoms in total. The standard InChI is InChI=1S/C25H53NO9/c1-2-3-4-5-6-8-27-10-12-29-14-16-31-18-20-33-22-24-35-25-23-34-21-19-32-17-15-30-13-11-28-9-7-26/h2-26H2,1H3. The van der Waals surface area contributed by atoms with Crippen LogP contribution in [0.3, 0.4) is 0 Å². The van der Waals surface area contributed by atoms with Crippen molar-refractivity contribution >= 4 is 0 Å². The maximum Gasteiger partial charge on any atom is 0.0701 e. The van der Waals surface area contributed by atoms with Crippen LogP contribution < -0.4 is 5.73 Å². The van der Waals surface area contributed by atoms with Crippen LogP contribution in [0.4, 0.5) is 0 Å². The Hall–Kier alpha value is -0.400. The molecule has 0 saturated carbocycles. The lowest BCUT2D eigenvalue weighted by Crippen LogP contribution is -2.15. The number of hydrogen-bond acceptors (Lipinski definition) is 10. The van der Waals surface area contributed by atoms with Crippen molar-refractivity contribution in [1.82, 2.24) is 0 Å². The maximum atomic E-state index is 5.55. The van der Waals surface area contributed by atoms with Crippen molar-refractivity contribution in [3.8, 4) is 0 Å². The summed E-state index contributed by atoms with van der Waals surface area (Å²) in [6, 6.07) is 0. The van der Waals surface area contributed by atoms with Crippen LogP contribution in [0.15, 0.2) is 0 Å². The second-order valence-corrected chi connectivity index (χ2v) is 7.71. The number of unbranched alkanes of at least 4 members (excludes halogenated alkanes) is 4. The summed E-state index contributed by atoms with van der Waals surface area (Å²) < 4.78 is 48.8. The van der Waals surface area contributed by atoms with Crippen molar-refractivity contribution in [2.24, 2.45) is 5.73 Å². The lowest BCUT2D eigenvalue weighted by Gasteiger charge is -2.09. The summed E-state index contributed by atoms with van der Waals surface area (Å²) in [5.41, 5.74) is 5.32.